The van der Waals surface area contributed by atoms with E-state index in [1.165, 1.54) is 25.7 Å². The second-order valence-electron chi connectivity index (χ2n) is 5.28. The van der Waals surface area contributed by atoms with Crippen molar-refractivity contribution in [2.75, 3.05) is 26.5 Å². The lowest BCUT2D eigenvalue weighted by Gasteiger charge is -2.31. The van der Waals surface area contributed by atoms with Crippen LogP contribution in [0, 0.1) is 5.92 Å². The number of nitrogens with one attached hydrogen (secondary N) is 1. The zero-order valence-corrected chi connectivity index (χ0v) is 12.0. The van der Waals surface area contributed by atoms with Crippen molar-refractivity contribution in [3.8, 4) is 0 Å². The van der Waals surface area contributed by atoms with Crippen molar-refractivity contribution in [2.24, 2.45) is 5.92 Å². The van der Waals surface area contributed by atoms with Crippen LogP contribution < -0.4 is 5.32 Å². The van der Waals surface area contributed by atoms with Crippen molar-refractivity contribution in [1.82, 2.24) is 5.32 Å². The molecule has 0 aliphatic heterocycles. The Balaban J connectivity index is 2.40. The Morgan fingerprint density at radius 1 is 1.31 bits per heavy atom. The summed E-state index contributed by atoms with van der Waals surface area (Å²) in [4.78, 5) is 0. The van der Waals surface area contributed by atoms with Gasteiger partial charge in [-0.2, -0.15) is 11.8 Å². The summed E-state index contributed by atoms with van der Waals surface area (Å²) in [5.41, 5.74) is 0. The van der Waals surface area contributed by atoms with Crippen LogP contribution in [0.5, 0.6) is 0 Å². The maximum Gasteiger partial charge on any atom is 0.0618 e. The third kappa shape index (κ3) is 3.94. The van der Waals surface area contributed by atoms with Crippen molar-refractivity contribution < 1.29 is 4.74 Å². The molecule has 1 aliphatic rings. The third-order valence-electron chi connectivity index (χ3n) is 3.79. The van der Waals surface area contributed by atoms with Gasteiger partial charge in [0, 0.05) is 24.4 Å². The number of hydrogen-bond donors (Lipinski definition) is 1. The quantitative estimate of drug-likeness (QED) is 0.745. The molecule has 16 heavy (non-hydrogen) atoms. The molecule has 0 spiro atoms. The van der Waals surface area contributed by atoms with Gasteiger partial charge in [0.25, 0.3) is 0 Å². The number of methoxy groups -OCH3 is 1. The first-order valence-corrected chi connectivity index (χ1v) is 7.63. The van der Waals surface area contributed by atoms with Crippen LogP contribution >= 0.6 is 11.8 Å². The lowest BCUT2D eigenvalue weighted by molar-refractivity contribution is 0.145. The molecule has 1 N–H and O–H groups in total. The van der Waals surface area contributed by atoms with Crippen LogP contribution in [0.3, 0.4) is 0 Å². The van der Waals surface area contributed by atoms with Crippen LogP contribution in [0.15, 0.2) is 0 Å². The van der Waals surface area contributed by atoms with Gasteiger partial charge in [-0.3, -0.25) is 0 Å². The van der Waals surface area contributed by atoms with Gasteiger partial charge in [0.15, 0.2) is 0 Å². The van der Waals surface area contributed by atoms with Crippen molar-refractivity contribution in [2.45, 2.75) is 50.3 Å². The highest BCUT2D eigenvalue weighted by atomic mass is 32.2. The zero-order valence-electron chi connectivity index (χ0n) is 11.2. The molecule has 0 aromatic carbocycles. The average molecular weight is 245 g/mol. The van der Waals surface area contributed by atoms with Crippen LogP contribution in [0.2, 0.25) is 0 Å². The van der Waals surface area contributed by atoms with Crippen LogP contribution in [0.4, 0.5) is 0 Å². The highest BCUT2D eigenvalue weighted by molar-refractivity contribution is 8.00. The molecule has 0 amide bonds. The lowest BCUT2D eigenvalue weighted by Crippen LogP contribution is -2.45. The van der Waals surface area contributed by atoms with E-state index in [1.54, 1.807) is 7.11 Å². The van der Waals surface area contributed by atoms with E-state index in [-0.39, 0.29) is 0 Å². The second-order valence-corrected chi connectivity index (χ2v) is 6.56. The van der Waals surface area contributed by atoms with E-state index in [0.717, 1.165) is 13.2 Å². The predicted molar refractivity (Wildman–Crippen MR) is 73.2 cm³/mol. The van der Waals surface area contributed by atoms with E-state index in [4.69, 9.17) is 4.74 Å². The maximum absolute atomic E-state index is 5.28. The van der Waals surface area contributed by atoms with E-state index in [2.05, 4.69) is 25.4 Å². The summed E-state index contributed by atoms with van der Waals surface area (Å²) < 4.78 is 5.78. The monoisotopic (exact) mass is 245 g/mol. The first-order chi connectivity index (χ1) is 7.63. The molecule has 2 nitrogen and oxygen atoms in total. The summed E-state index contributed by atoms with van der Waals surface area (Å²) in [5, 5.41) is 3.71. The first-order valence-electron chi connectivity index (χ1n) is 6.41. The average Bonchev–Trinajstić information content (AvgIpc) is 2.73. The Morgan fingerprint density at radius 3 is 2.38 bits per heavy atom. The van der Waals surface area contributed by atoms with Crippen LogP contribution in [0.25, 0.3) is 0 Å². The third-order valence-corrected chi connectivity index (χ3v) is 5.20. The van der Waals surface area contributed by atoms with Gasteiger partial charge in [0.05, 0.1) is 6.61 Å². The van der Waals surface area contributed by atoms with Gasteiger partial charge in [-0.15, -0.1) is 0 Å². The van der Waals surface area contributed by atoms with Gasteiger partial charge >= 0.3 is 0 Å². The van der Waals surface area contributed by atoms with Crippen LogP contribution in [-0.4, -0.2) is 37.3 Å². The Bertz CT molecular complexity index is 190. The number of hydrogen-bond acceptors (Lipinski definition) is 3. The van der Waals surface area contributed by atoms with Gasteiger partial charge in [0.2, 0.25) is 0 Å². The number of rotatable bonds is 7. The molecule has 1 saturated carbocycles. The minimum absolute atomic E-state index is 0.495. The minimum atomic E-state index is 0.495. The molecule has 1 rings (SSSR count). The fourth-order valence-corrected chi connectivity index (χ4v) is 3.38. The van der Waals surface area contributed by atoms with Gasteiger partial charge in [-0.25, -0.2) is 0 Å². The molecule has 1 aliphatic carbocycles. The number of ether oxygens (including phenoxy) is 1. The van der Waals surface area contributed by atoms with Gasteiger partial charge < -0.3 is 10.1 Å². The van der Waals surface area contributed by atoms with E-state index >= 15 is 0 Å². The molecular formula is C13H27NOS. The van der Waals surface area contributed by atoms with Crippen molar-refractivity contribution >= 4 is 11.8 Å². The normalized spacial score (nSPS) is 21.6. The van der Waals surface area contributed by atoms with Gasteiger partial charge in [0.1, 0.15) is 0 Å². The summed E-state index contributed by atoms with van der Waals surface area (Å²) in [6.45, 7) is 6.48. The Kier molecular flexibility index (Phi) is 6.16. The summed E-state index contributed by atoms with van der Waals surface area (Å²) in [6.07, 6.45) is 7.81. The molecule has 96 valence electrons. The van der Waals surface area contributed by atoms with Crippen molar-refractivity contribution in [3.63, 3.8) is 0 Å². The molecule has 0 bridgehead atoms. The Morgan fingerprint density at radius 2 is 1.94 bits per heavy atom. The zero-order chi connectivity index (χ0) is 12.0. The molecule has 1 fully saturated rings. The summed E-state index contributed by atoms with van der Waals surface area (Å²) in [7, 11) is 1.79. The molecule has 0 heterocycles. The topological polar surface area (TPSA) is 21.3 Å². The molecule has 1 atom stereocenters. The van der Waals surface area contributed by atoms with E-state index < -0.39 is 0 Å². The predicted octanol–water partition coefficient (Wildman–Crippen LogP) is 2.92. The number of thioether (sulfide) groups is 1. The molecule has 0 saturated heterocycles. The van der Waals surface area contributed by atoms with Crippen LogP contribution in [-0.2, 0) is 4.74 Å². The first kappa shape index (κ1) is 14.3. The minimum Gasteiger partial charge on any atom is -0.383 e. The van der Waals surface area contributed by atoms with E-state index in [1.807, 2.05) is 11.8 Å². The molecule has 0 aromatic rings. The molecule has 3 heteroatoms. The second kappa shape index (κ2) is 6.87. The smallest absolute Gasteiger partial charge is 0.0618 e. The molecule has 0 aromatic heterocycles. The highest BCUT2D eigenvalue weighted by Crippen LogP contribution is 2.39. The lowest BCUT2D eigenvalue weighted by atomic mass is 10.0. The Hall–Kier alpha value is 0.270. The Labute approximate surface area is 105 Å². The fourth-order valence-electron chi connectivity index (χ4n) is 2.46. The standard InChI is InChI=1S/C13H27NOS/c1-11(2)12(9-15-3)14-10-13(16-4)7-5-6-8-13/h11-12,14H,5-10H2,1-4H3. The van der Waals surface area contributed by atoms with Gasteiger partial charge in [-0.05, 0) is 25.0 Å². The summed E-state index contributed by atoms with van der Waals surface area (Å²) in [5.74, 6) is 0.639. The highest BCUT2D eigenvalue weighted by Gasteiger charge is 2.33. The molecule has 0 radical (unpaired) electrons. The largest absolute Gasteiger partial charge is 0.383 e. The fraction of sp³-hybridized carbons (Fsp3) is 1.00. The summed E-state index contributed by atoms with van der Waals surface area (Å²) in [6, 6.07) is 0.495. The summed E-state index contributed by atoms with van der Waals surface area (Å²) >= 11 is 2.05. The molecule has 1 unspecified atom stereocenters. The van der Waals surface area contributed by atoms with Crippen molar-refractivity contribution in [1.29, 1.82) is 0 Å². The van der Waals surface area contributed by atoms with Crippen LogP contribution in [0.1, 0.15) is 39.5 Å². The molecular weight excluding hydrogens is 218 g/mol. The SMILES string of the molecule is COCC(NCC1(SC)CCCC1)C(C)C. The van der Waals surface area contributed by atoms with E-state index in [0.29, 0.717) is 16.7 Å². The maximum atomic E-state index is 5.28. The van der Waals surface area contributed by atoms with Gasteiger partial charge in [-0.1, -0.05) is 26.7 Å². The van der Waals surface area contributed by atoms with E-state index in [9.17, 15) is 0 Å². The van der Waals surface area contributed by atoms with Crippen molar-refractivity contribution in [3.05, 3.63) is 0 Å².